The van der Waals surface area contributed by atoms with Gasteiger partial charge in [-0.25, -0.2) is 0 Å². The van der Waals surface area contributed by atoms with Crippen molar-refractivity contribution >= 4 is 5.91 Å². The molecule has 0 aromatic carbocycles. The highest BCUT2D eigenvalue weighted by atomic mass is 16.6. The van der Waals surface area contributed by atoms with E-state index in [2.05, 4.69) is 11.2 Å². The van der Waals surface area contributed by atoms with E-state index in [1.807, 2.05) is 6.92 Å². The minimum atomic E-state index is -0.291. The number of epoxide rings is 1. The Bertz CT molecular complexity index is 317. The first-order valence-electron chi connectivity index (χ1n) is 6.20. The summed E-state index contributed by atoms with van der Waals surface area (Å²) in [5.74, 6) is 3.13. The maximum Gasteiger partial charge on any atom is 0.252 e. The summed E-state index contributed by atoms with van der Waals surface area (Å²) in [6, 6.07) is -0.179. The number of carbonyl (C=O) groups excluding carboxylic acids is 1. The highest BCUT2D eigenvalue weighted by Gasteiger charge is 2.41. The number of hydrogen-bond acceptors (Lipinski definition) is 3. The number of terminal acetylenes is 1. The Kier molecular flexibility index (Phi) is 4.03. The molecule has 1 N–H and O–H groups in total. The Balaban J connectivity index is 1.76. The number of rotatable bonds is 4. The van der Waals surface area contributed by atoms with Gasteiger partial charge in [-0.15, -0.1) is 6.42 Å². The Morgan fingerprint density at radius 1 is 1.53 bits per heavy atom. The minimum Gasteiger partial charge on any atom is -0.381 e. The summed E-state index contributed by atoms with van der Waals surface area (Å²) >= 11 is 0. The van der Waals surface area contributed by atoms with E-state index in [-0.39, 0.29) is 24.2 Å². The molecule has 17 heavy (non-hydrogen) atoms. The molecular weight excluding hydrogens is 218 g/mol. The van der Waals surface area contributed by atoms with Crippen LogP contribution in [-0.4, -0.2) is 37.4 Å². The number of ether oxygens (including phenoxy) is 2. The second-order valence-electron chi connectivity index (χ2n) is 4.78. The molecule has 0 bridgehead atoms. The first-order valence-corrected chi connectivity index (χ1v) is 6.20. The lowest BCUT2D eigenvalue weighted by Crippen LogP contribution is -2.39. The number of amides is 1. The lowest BCUT2D eigenvalue weighted by molar-refractivity contribution is -0.122. The van der Waals surface area contributed by atoms with Crippen LogP contribution >= 0.6 is 0 Å². The van der Waals surface area contributed by atoms with E-state index in [9.17, 15) is 4.79 Å². The highest BCUT2D eigenvalue weighted by Crippen LogP contribution is 2.23. The zero-order chi connectivity index (χ0) is 12.3. The van der Waals surface area contributed by atoms with Crippen LogP contribution < -0.4 is 5.32 Å². The molecule has 1 amide bonds. The average Bonchev–Trinajstić information content (AvgIpc) is 3.07. The summed E-state index contributed by atoms with van der Waals surface area (Å²) in [5.41, 5.74) is 0. The Morgan fingerprint density at radius 2 is 2.18 bits per heavy atom. The van der Waals surface area contributed by atoms with Gasteiger partial charge in [-0.05, 0) is 32.1 Å². The monoisotopic (exact) mass is 237 g/mol. The normalized spacial score (nSPS) is 30.4. The van der Waals surface area contributed by atoms with Crippen LogP contribution in [0.5, 0.6) is 0 Å². The van der Waals surface area contributed by atoms with E-state index in [1.54, 1.807) is 0 Å². The van der Waals surface area contributed by atoms with Crippen molar-refractivity contribution in [1.82, 2.24) is 5.32 Å². The van der Waals surface area contributed by atoms with E-state index in [0.29, 0.717) is 5.92 Å². The van der Waals surface area contributed by atoms with Crippen LogP contribution in [-0.2, 0) is 14.3 Å². The quantitative estimate of drug-likeness (QED) is 0.578. The standard InChI is InChI=1S/C13H19NO3/c1-3-11(8-10-4-6-16-7-5-10)14-13(15)12-9(2)17-12/h1,9-12H,4-8H2,2H3,(H,14,15)/t9-,11?,12+/m0/s1. The molecular formula is C13H19NO3. The van der Waals surface area contributed by atoms with E-state index >= 15 is 0 Å². The van der Waals surface area contributed by atoms with Crippen molar-refractivity contribution in [1.29, 1.82) is 0 Å². The van der Waals surface area contributed by atoms with Crippen LogP contribution in [0.4, 0.5) is 0 Å². The van der Waals surface area contributed by atoms with Gasteiger partial charge >= 0.3 is 0 Å². The molecule has 2 heterocycles. The molecule has 0 radical (unpaired) electrons. The van der Waals surface area contributed by atoms with Crippen LogP contribution in [0.1, 0.15) is 26.2 Å². The lowest BCUT2D eigenvalue weighted by Gasteiger charge is -2.24. The second kappa shape index (κ2) is 5.52. The molecule has 2 rings (SSSR count). The molecule has 0 saturated carbocycles. The average molecular weight is 237 g/mol. The molecule has 2 fully saturated rings. The molecule has 1 unspecified atom stereocenters. The van der Waals surface area contributed by atoms with Crippen molar-refractivity contribution in [3.05, 3.63) is 0 Å². The predicted octanol–water partition coefficient (Wildman–Crippen LogP) is 0.708. The van der Waals surface area contributed by atoms with Gasteiger partial charge in [-0.2, -0.15) is 0 Å². The minimum absolute atomic E-state index is 0.0384. The van der Waals surface area contributed by atoms with Crippen LogP contribution in [0.25, 0.3) is 0 Å². The number of carbonyl (C=O) groups is 1. The van der Waals surface area contributed by atoms with Crippen LogP contribution in [0.3, 0.4) is 0 Å². The summed E-state index contributed by atoms with van der Waals surface area (Å²) in [5, 5.41) is 2.87. The maximum atomic E-state index is 11.7. The largest absolute Gasteiger partial charge is 0.381 e. The van der Waals surface area contributed by atoms with Gasteiger partial charge in [0, 0.05) is 13.2 Å². The fourth-order valence-electron chi connectivity index (χ4n) is 2.20. The van der Waals surface area contributed by atoms with Gasteiger partial charge in [0.15, 0.2) is 6.10 Å². The topological polar surface area (TPSA) is 50.9 Å². The molecule has 2 saturated heterocycles. The fourth-order valence-corrected chi connectivity index (χ4v) is 2.20. The van der Waals surface area contributed by atoms with Gasteiger partial charge in [0.2, 0.25) is 0 Å². The van der Waals surface area contributed by atoms with Gasteiger partial charge in [0.05, 0.1) is 12.1 Å². The Labute approximate surface area is 102 Å². The summed E-state index contributed by atoms with van der Waals surface area (Å²) < 4.78 is 10.4. The smallest absolute Gasteiger partial charge is 0.252 e. The van der Waals surface area contributed by atoms with Crippen molar-refractivity contribution in [3.8, 4) is 12.3 Å². The zero-order valence-electron chi connectivity index (χ0n) is 10.1. The van der Waals surface area contributed by atoms with Crippen molar-refractivity contribution in [2.24, 2.45) is 5.92 Å². The van der Waals surface area contributed by atoms with Crippen molar-refractivity contribution in [3.63, 3.8) is 0 Å². The van der Waals surface area contributed by atoms with E-state index < -0.39 is 0 Å². The third-order valence-electron chi connectivity index (χ3n) is 3.40. The third kappa shape index (κ3) is 3.45. The van der Waals surface area contributed by atoms with E-state index in [1.165, 1.54) is 0 Å². The van der Waals surface area contributed by atoms with Crippen molar-refractivity contribution in [2.75, 3.05) is 13.2 Å². The molecule has 0 spiro atoms. The van der Waals surface area contributed by atoms with Crippen molar-refractivity contribution < 1.29 is 14.3 Å². The lowest BCUT2D eigenvalue weighted by atomic mass is 9.92. The number of nitrogens with one attached hydrogen (secondary N) is 1. The number of hydrogen-bond donors (Lipinski definition) is 1. The molecule has 3 atom stereocenters. The summed E-state index contributed by atoms with van der Waals surface area (Å²) in [4.78, 5) is 11.7. The fraction of sp³-hybridized carbons (Fsp3) is 0.769. The van der Waals surface area contributed by atoms with Gasteiger partial charge in [0.25, 0.3) is 5.91 Å². The molecule has 0 aromatic heterocycles. The van der Waals surface area contributed by atoms with Crippen molar-refractivity contribution in [2.45, 2.75) is 44.4 Å². The highest BCUT2D eigenvalue weighted by molar-refractivity contribution is 5.84. The molecule has 0 aliphatic carbocycles. The first kappa shape index (κ1) is 12.4. The Morgan fingerprint density at radius 3 is 2.71 bits per heavy atom. The predicted molar refractivity (Wildman–Crippen MR) is 63.3 cm³/mol. The van der Waals surface area contributed by atoms with Gasteiger partial charge < -0.3 is 14.8 Å². The van der Waals surface area contributed by atoms with E-state index in [4.69, 9.17) is 15.9 Å². The molecule has 2 aliphatic rings. The Hall–Kier alpha value is -1.05. The van der Waals surface area contributed by atoms with E-state index in [0.717, 1.165) is 32.5 Å². The summed E-state index contributed by atoms with van der Waals surface area (Å²) in [7, 11) is 0. The third-order valence-corrected chi connectivity index (χ3v) is 3.40. The van der Waals surface area contributed by atoms with Gasteiger partial charge in [-0.3, -0.25) is 4.79 Å². The SMILES string of the molecule is C#CC(CC1CCOCC1)NC(=O)[C@@H]1O[C@H]1C. The van der Waals surface area contributed by atoms with Crippen LogP contribution in [0.15, 0.2) is 0 Å². The zero-order valence-corrected chi connectivity index (χ0v) is 10.1. The van der Waals surface area contributed by atoms with Gasteiger partial charge in [0.1, 0.15) is 0 Å². The van der Waals surface area contributed by atoms with Crippen LogP contribution in [0, 0.1) is 18.3 Å². The molecule has 4 nitrogen and oxygen atoms in total. The molecule has 2 aliphatic heterocycles. The maximum absolute atomic E-state index is 11.7. The van der Waals surface area contributed by atoms with Crippen LogP contribution in [0.2, 0.25) is 0 Å². The summed E-state index contributed by atoms with van der Waals surface area (Å²) in [6.45, 7) is 3.49. The first-order chi connectivity index (χ1) is 8.20. The summed E-state index contributed by atoms with van der Waals surface area (Å²) in [6.07, 6.45) is 8.11. The second-order valence-corrected chi connectivity index (χ2v) is 4.78. The van der Waals surface area contributed by atoms with Gasteiger partial charge in [-0.1, -0.05) is 5.92 Å². The molecule has 0 aromatic rings. The molecule has 4 heteroatoms. The molecule has 94 valence electrons.